The number of hydrogen-bond donors (Lipinski definition) is 3. The molecule has 0 saturated carbocycles. The van der Waals surface area contributed by atoms with Crippen molar-refractivity contribution in [3.8, 4) is 17.2 Å². The average molecular weight is 298 g/mol. The van der Waals surface area contributed by atoms with Gasteiger partial charge in [-0.3, -0.25) is 0 Å². The highest BCUT2D eigenvalue weighted by molar-refractivity contribution is 5.50. The molecule has 3 N–H and O–H groups in total. The summed E-state index contributed by atoms with van der Waals surface area (Å²) in [6.07, 6.45) is 1.77. The van der Waals surface area contributed by atoms with Crippen molar-refractivity contribution in [2.75, 3.05) is 13.6 Å². The molecule has 4 rings (SSSR count). The third kappa shape index (κ3) is 1.80. The molecule has 0 saturated heterocycles. The van der Waals surface area contributed by atoms with Crippen molar-refractivity contribution in [2.45, 2.75) is 25.4 Å². The van der Waals surface area contributed by atoms with E-state index in [0.717, 1.165) is 41.5 Å². The summed E-state index contributed by atoms with van der Waals surface area (Å²) in [5, 5.41) is 29.7. The van der Waals surface area contributed by atoms with Crippen LogP contribution < -0.4 is 0 Å². The molecule has 0 aromatic heterocycles. The maximum Gasteiger partial charge on any atom is 0.166 e. The summed E-state index contributed by atoms with van der Waals surface area (Å²) in [5.74, 6) is 0.326. The highest BCUT2D eigenvalue weighted by atomic mass is 16.3. The highest BCUT2D eigenvalue weighted by Gasteiger charge is 2.43. The van der Waals surface area contributed by atoms with E-state index in [-0.39, 0.29) is 11.5 Å². The van der Waals surface area contributed by atoms with Crippen molar-refractivity contribution in [3.63, 3.8) is 0 Å². The van der Waals surface area contributed by atoms with Crippen LogP contribution in [0.3, 0.4) is 0 Å². The monoisotopic (exact) mass is 298 g/mol. The van der Waals surface area contributed by atoms with Gasteiger partial charge in [-0.1, -0.05) is 6.07 Å². The van der Waals surface area contributed by atoms with Gasteiger partial charge >= 0.3 is 0 Å². The summed E-state index contributed by atoms with van der Waals surface area (Å²) >= 11 is 0. The second-order valence-corrected chi connectivity index (χ2v) is 6.79. The Bertz CT molecular complexity index is 771. The highest BCUT2D eigenvalue weighted by Crippen LogP contribution is 2.46. The number of aromatic hydroxyl groups is 3. The van der Waals surface area contributed by atoms with Crippen molar-refractivity contribution >= 4 is 0 Å². The predicted molar refractivity (Wildman–Crippen MR) is 82.8 cm³/mol. The summed E-state index contributed by atoms with van der Waals surface area (Å²) < 4.78 is 0.835. The SMILES string of the molecule is C[N+]12CCc3cc(O)ccc3C1Cc1ccc(O)c(O)c1C2. The van der Waals surface area contributed by atoms with Crippen LogP contribution in [0.25, 0.3) is 0 Å². The van der Waals surface area contributed by atoms with Gasteiger partial charge in [0.2, 0.25) is 0 Å². The van der Waals surface area contributed by atoms with E-state index in [1.54, 1.807) is 12.1 Å². The number of phenolic OH excluding ortho intramolecular Hbond substituents is 3. The minimum atomic E-state index is -0.0360. The largest absolute Gasteiger partial charge is 0.508 e. The van der Waals surface area contributed by atoms with Crippen LogP contribution in [0.4, 0.5) is 0 Å². The first kappa shape index (κ1) is 13.5. The molecule has 2 aliphatic heterocycles. The number of phenols is 3. The fourth-order valence-corrected chi connectivity index (χ4v) is 4.12. The van der Waals surface area contributed by atoms with Crippen LogP contribution in [0.5, 0.6) is 17.2 Å². The summed E-state index contributed by atoms with van der Waals surface area (Å²) in [7, 11) is 2.22. The zero-order chi connectivity index (χ0) is 15.5. The minimum absolute atomic E-state index is 0.0341. The fraction of sp³-hybridized carbons (Fsp3) is 0.333. The minimum Gasteiger partial charge on any atom is -0.508 e. The third-order valence-corrected chi connectivity index (χ3v) is 5.42. The van der Waals surface area contributed by atoms with Crippen LogP contribution in [-0.4, -0.2) is 33.4 Å². The molecule has 0 bridgehead atoms. The molecular formula is C18H20NO3+. The van der Waals surface area contributed by atoms with E-state index in [1.807, 2.05) is 18.2 Å². The van der Waals surface area contributed by atoms with Gasteiger partial charge in [0.05, 0.1) is 19.2 Å². The summed E-state index contributed by atoms with van der Waals surface area (Å²) in [6, 6.07) is 9.50. The van der Waals surface area contributed by atoms with Gasteiger partial charge in [-0.05, 0) is 35.4 Å². The number of quaternary nitrogens is 1. The molecule has 2 atom stereocenters. The van der Waals surface area contributed by atoms with Gasteiger partial charge in [0, 0.05) is 18.4 Å². The van der Waals surface area contributed by atoms with Crippen LogP contribution in [0, 0.1) is 0 Å². The number of nitrogens with zero attached hydrogens (tertiary/aromatic N) is 1. The smallest absolute Gasteiger partial charge is 0.166 e. The molecule has 2 aliphatic rings. The first-order chi connectivity index (χ1) is 10.5. The molecule has 4 heteroatoms. The van der Waals surface area contributed by atoms with Gasteiger partial charge < -0.3 is 19.8 Å². The number of hydrogen-bond acceptors (Lipinski definition) is 3. The van der Waals surface area contributed by atoms with E-state index in [9.17, 15) is 15.3 Å². The van der Waals surface area contributed by atoms with Crippen molar-refractivity contribution in [2.24, 2.45) is 0 Å². The summed E-state index contributed by atoms with van der Waals surface area (Å²) in [6.45, 7) is 1.69. The maximum atomic E-state index is 10.2. The normalized spacial score (nSPS) is 26.0. The molecule has 0 amide bonds. The van der Waals surface area contributed by atoms with Crippen molar-refractivity contribution in [3.05, 3.63) is 52.6 Å². The topological polar surface area (TPSA) is 60.7 Å². The summed E-state index contributed by atoms with van der Waals surface area (Å²) in [4.78, 5) is 0. The van der Waals surface area contributed by atoms with Crippen molar-refractivity contribution in [1.82, 2.24) is 0 Å². The molecule has 2 heterocycles. The lowest BCUT2D eigenvalue weighted by atomic mass is 9.81. The molecule has 22 heavy (non-hydrogen) atoms. The molecule has 0 radical (unpaired) electrons. The summed E-state index contributed by atoms with van der Waals surface area (Å²) in [5.41, 5.74) is 4.51. The number of benzene rings is 2. The van der Waals surface area contributed by atoms with E-state index in [4.69, 9.17) is 0 Å². The van der Waals surface area contributed by atoms with Gasteiger partial charge in [0.1, 0.15) is 18.3 Å². The molecule has 114 valence electrons. The second-order valence-electron chi connectivity index (χ2n) is 6.79. The Balaban J connectivity index is 1.84. The van der Waals surface area contributed by atoms with E-state index in [2.05, 4.69) is 7.05 Å². The molecule has 2 unspecified atom stereocenters. The Morgan fingerprint density at radius 2 is 1.86 bits per heavy atom. The lowest BCUT2D eigenvalue weighted by molar-refractivity contribution is -0.956. The third-order valence-electron chi connectivity index (χ3n) is 5.42. The van der Waals surface area contributed by atoms with Crippen LogP contribution in [0.2, 0.25) is 0 Å². The van der Waals surface area contributed by atoms with Gasteiger partial charge in [-0.25, -0.2) is 0 Å². The van der Waals surface area contributed by atoms with E-state index in [1.165, 1.54) is 11.1 Å². The maximum absolute atomic E-state index is 10.2. The van der Waals surface area contributed by atoms with E-state index in [0.29, 0.717) is 11.8 Å². The second kappa shape index (κ2) is 4.40. The molecule has 0 aliphatic carbocycles. The van der Waals surface area contributed by atoms with E-state index >= 15 is 0 Å². The quantitative estimate of drug-likeness (QED) is 0.517. The zero-order valence-corrected chi connectivity index (χ0v) is 12.6. The van der Waals surface area contributed by atoms with Gasteiger partial charge in [-0.15, -0.1) is 0 Å². The predicted octanol–water partition coefficient (Wildman–Crippen LogP) is 2.60. The zero-order valence-electron chi connectivity index (χ0n) is 12.6. The van der Waals surface area contributed by atoms with Crippen LogP contribution in [0.1, 0.15) is 28.3 Å². The Morgan fingerprint density at radius 1 is 1.05 bits per heavy atom. The van der Waals surface area contributed by atoms with Gasteiger partial charge in [0.15, 0.2) is 11.5 Å². The Labute approximate surface area is 129 Å². The Morgan fingerprint density at radius 3 is 2.68 bits per heavy atom. The fourth-order valence-electron chi connectivity index (χ4n) is 4.12. The molecule has 0 fully saturated rings. The standard InChI is InChI=1S/C18H19NO3/c1-19-7-6-12-8-13(20)3-4-14(12)16(19)9-11-2-5-17(21)18(22)15(11)10-19/h2-5,8,16H,6-7,9-10H2,1H3,(H2-,20,21,22)/p+1. The number of fused-ring (bicyclic) bond motifs is 4. The lowest BCUT2D eigenvalue weighted by Gasteiger charge is -2.48. The van der Waals surface area contributed by atoms with Crippen LogP contribution in [0.15, 0.2) is 30.3 Å². The lowest BCUT2D eigenvalue weighted by Crippen LogP contribution is -2.53. The molecule has 4 nitrogen and oxygen atoms in total. The molecule has 2 aromatic rings. The molecule has 0 spiro atoms. The van der Waals surface area contributed by atoms with Crippen LogP contribution in [-0.2, 0) is 19.4 Å². The first-order valence-electron chi connectivity index (χ1n) is 7.66. The molecular weight excluding hydrogens is 278 g/mol. The van der Waals surface area contributed by atoms with Gasteiger partial charge in [-0.2, -0.15) is 0 Å². The van der Waals surface area contributed by atoms with Crippen molar-refractivity contribution in [1.29, 1.82) is 0 Å². The number of rotatable bonds is 0. The van der Waals surface area contributed by atoms with Gasteiger partial charge in [0.25, 0.3) is 0 Å². The van der Waals surface area contributed by atoms with Crippen molar-refractivity contribution < 1.29 is 19.8 Å². The first-order valence-corrected chi connectivity index (χ1v) is 7.66. The number of likely N-dealkylation sites (N-methyl/N-ethyl adjacent to an activating group) is 1. The molecule has 2 aromatic carbocycles. The van der Waals surface area contributed by atoms with E-state index < -0.39 is 0 Å². The average Bonchev–Trinajstić information content (AvgIpc) is 2.50. The van der Waals surface area contributed by atoms with Crippen LogP contribution >= 0.6 is 0 Å². The Hall–Kier alpha value is -2.20. The Kier molecular flexibility index (Phi) is 2.69.